The topological polar surface area (TPSA) is 205 Å². The third-order valence-corrected chi connectivity index (χ3v) is 6.87. The van der Waals surface area contributed by atoms with Gasteiger partial charge in [0.1, 0.15) is 18.0 Å². The van der Waals surface area contributed by atoms with Crippen LogP contribution in [0.4, 0.5) is 4.79 Å². The van der Waals surface area contributed by atoms with Crippen LogP contribution in [-0.2, 0) is 30.4 Å². The summed E-state index contributed by atoms with van der Waals surface area (Å²) in [5, 5.41) is 22.1. The van der Waals surface area contributed by atoms with Gasteiger partial charge in [-0.25, -0.2) is 9.78 Å². The minimum atomic E-state index is -1.45. The zero-order valence-corrected chi connectivity index (χ0v) is 25.5. The van der Waals surface area contributed by atoms with Gasteiger partial charge in [0, 0.05) is 31.3 Å². The van der Waals surface area contributed by atoms with Gasteiger partial charge >= 0.3 is 6.09 Å². The lowest BCUT2D eigenvalue weighted by atomic mass is 9.93. The van der Waals surface area contributed by atoms with Gasteiger partial charge < -0.3 is 36.4 Å². The molecule has 5 amide bonds. The summed E-state index contributed by atoms with van der Waals surface area (Å²) in [6.45, 7) is 8.13. The SMILES string of the molecule is CCCCNC(=O)C[C@H](NC(=O)[C@H](CC(C)C)NC(=O)[C@H](Cc1cc(C)cc(OC)n1)NC(=O)O)C(=O)[C@@H]1CCNC1=O. The predicted molar refractivity (Wildman–Crippen MR) is 156 cm³/mol. The number of carboxylic acid groups (broad SMARTS) is 1. The Morgan fingerprint density at radius 2 is 1.74 bits per heavy atom. The molecule has 6 N–H and O–H groups in total. The number of nitrogens with zero attached hydrogens (tertiary/aromatic N) is 1. The number of ketones is 1. The summed E-state index contributed by atoms with van der Waals surface area (Å²) in [5.41, 5.74) is 1.18. The monoisotopic (exact) mass is 604 g/mol. The van der Waals surface area contributed by atoms with Gasteiger partial charge in [0.15, 0.2) is 5.78 Å². The first kappa shape index (κ1) is 35.0. The van der Waals surface area contributed by atoms with Crippen molar-refractivity contribution < 1.29 is 38.6 Å². The third-order valence-electron chi connectivity index (χ3n) is 6.87. The van der Waals surface area contributed by atoms with Crippen LogP contribution >= 0.6 is 0 Å². The van der Waals surface area contributed by atoms with Crippen molar-refractivity contribution in [3.63, 3.8) is 0 Å². The van der Waals surface area contributed by atoms with Crippen LogP contribution < -0.4 is 31.3 Å². The van der Waals surface area contributed by atoms with E-state index in [-0.39, 0.29) is 31.6 Å². The van der Waals surface area contributed by atoms with Crippen molar-refractivity contribution >= 4 is 35.5 Å². The molecule has 2 heterocycles. The first-order chi connectivity index (χ1) is 20.3. The van der Waals surface area contributed by atoms with Crippen LogP contribution in [-0.4, -0.2) is 83.9 Å². The van der Waals surface area contributed by atoms with E-state index in [9.17, 15) is 33.9 Å². The number of carbonyl (C=O) groups is 6. The highest BCUT2D eigenvalue weighted by Crippen LogP contribution is 2.16. The lowest BCUT2D eigenvalue weighted by Gasteiger charge is -2.26. The Kier molecular flexibility index (Phi) is 13.8. The summed E-state index contributed by atoms with van der Waals surface area (Å²) in [5.74, 6) is -3.81. The van der Waals surface area contributed by atoms with Gasteiger partial charge in [-0.3, -0.25) is 24.0 Å². The Bertz CT molecular complexity index is 1170. The maximum atomic E-state index is 13.5. The molecule has 0 unspecified atom stereocenters. The molecule has 0 bridgehead atoms. The van der Waals surface area contributed by atoms with E-state index >= 15 is 0 Å². The standard InChI is InChI=1S/C29H44N6O8/c1-6-7-9-30-23(36)15-20(25(37)19-8-10-31-26(19)38)33-27(39)21(11-16(2)3)34-28(40)22(35-29(41)42)14-18-12-17(4)13-24(32-18)43-5/h12-13,16,19-22,35H,6-11,14-15H2,1-5H3,(H,30,36)(H,31,38)(H,33,39)(H,34,40)(H,41,42)/t19-,20-,21-,22-/m0/s1. The molecule has 0 saturated carbocycles. The maximum Gasteiger partial charge on any atom is 0.405 e. The molecule has 0 aromatic carbocycles. The second kappa shape index (κ2) is 17.0. The van der Waals surface area contributed by atoms with E-state index in [2.05, 4.69) is 31.6 Å². The van der Waals surface area contributed by atoms with Crippen molar-refractivity contribution in [3.05, 3.63) is 23.4 Å². The van der Waals surface area contributed by atoms with Crippen molar-refractivity contribution in [2.45, 2.75) is 84.3 Å². The fourth-order valence-corrected chi connectivity index (χ4v) is 4.72. The molecule has 1 saturated heterocycles. The average molecular weight is 605 g/mol. The largest absolute Gasteiger partial charge is 0.481 e. The highest BCUT2D eigenvalue weighted by Gasteiger charge is 2.38. The van der Waals surface area contributed by atoms with Gasteiger partial charge in [-0.1, -0.05) is 27.2 Å². The smallest absolute Gasteiger partial charge is 0.405 e. The van der Waals surface area contributed by atoms with Gasteiger partial charge in [0.2, 0.25) is 29.5 Å². The van der Waals surface area contributed by atoms with Crippen LogP contribution in [0.25, 0.3) is 0 Å². The number of hydrogen-bond donors (Lipinski definition) is 6. The molecule has 1 aromatic heterocycles. The molecule has 0 spiro atoms. The van der Waals surface area contributed by atoms with Crippen molar-refractivity contribution in [1.82, 2.24) is 31.6 Å². The molecule has 1 fully saturated rings. The molecule has 1 aliphatic heterocycles. The second-order valence-corrected chi connectivity index (χ2v) is 11.1. The number of unbranched alkanes of at least 4 members (excludes halogenated alkanes) is 1. The molecule has 2 rings (SSSR count). The maximum absolute atomic E-state index is 13.5. The number of nitrogens with one attached hydrogen (secondary N) is 5. The lowest BCUT2D eigenvalue weighted by Crippen LogP contribution is -2.57. The minimum Gasteiger partial charge on any atom is -0.481 e. The van der Waals surface area contributed by atoms with E-state index in [1.807, 2.05) is 20.8 Å². The van der Waals surface area contributed by atoms with Crippen LogP contribution in [0.5, 0.6) is 5.88 Å². The van der Waals surface area contributed by atoms with Crippen molar-refractivity contribution in [3.8, 4) is 5.88 Å². The van der Waals surface area contributed by atoms with Gasteiger partial charge in [0.05, 0.1) is 19.6 Å². The summed E-state index contributed by atoms with van der Waals surface area (Å²) in [4.78, 5) is 80.8. The Morgan fingerprint density at radius 3 is 2.33 bits per heavy atom. The number of aromatic nitrogens is 1. The molecular weight excluding hydrogens is 560 g/mol. The fraction of sp³-hybridized carbons (Fsp3) is 0.621. The average Bonchev–Trinajstić information content (AvgIpc) is 3.36. The number of hydrogen-bond acceptors (Lipinski definition) is 8. The van der Waals surface area contributed by atoms with E-state index in [0.717, 1.165) is 18.4 Å². The quantitative estimate of drug-likeness (QED) is 0.109. The molecule has 14 nitrogen and oxygen atoms in total. The van der Waals surface area contributed by atoms with Crippen LogP contribution in [0.1, 0.15) is 64.1 Å². The van der Waals surface area contributed by atoms with Gasteiger partial charge in [-0.2, -0.15) is 0 Å². The summed E-state index contributed by atoms with van der Waals surface area (Å²) < 4.78 is 5.17. The number of rotatable bonds is 17. The van der Waals surface area contributed by atoms with Crippen LogP contribution in [0.3, 0.4) is 0 Å². The molecule has 4 atom stereocenters. The Balaban J connectivity index is 2.26. The predicted octanol–water partition coefficient (Wildman–Crippen LogP) is 0.605. The summed E-state index contributed by atoms with van der Waals surface area (Å²) in [7, 11) is 1.44. The van der Waals surface area contributed by atoms with Crippen molar-refractivity contribution in [2.24, 2.45) is 11.8 Å². The van der Waals surface area contributed by atoms with Gasteiger partial charge in [-0.15, -0.1) is 0 Å². The highest BCUT2D eigenvalue weighted by atomic mass is 16.5. The molecular formula is C29H44N6O8. The number of carbonyl (C=O) groups excluding carboxylic acids is 5. The molecule has 1 aliphatic rings. The minimum absolute atomic E-state index is 0.0864. The van der Waals surface area contributed by atoms with E-state index in [1.165, 1.54) is 7.11 Å². The molecule has 238 valence electrons. The number of aryl methyl sites for hydroxylation is 1. The van der Waals surface area contributed by atoms with Gasteiger partial charge in [0.25, 0.3) is 0 Å². The fourth-order valence-electron chi connectivity index (χ4n) is 4.72. The number of pyridine rings is 1. The zero-order chi connectivity index (χ0) is 32.1. The molecule has 14 heteroatoms. The Morgan fingerprint density at radius 1 is 1.07 bits per heavy atom. The second-order valence-electron chi connectivity index (χ2n) is 11.1. The Hall–Kier alpha value is -4.23. The first-order valence-electron chi connectivity index (χ1n) is 14.5. The van der Waals surface area contributed by atoms with Crippen LogP contribution in [0, 0.1) is 18.8 Å². The third kappa shape index (κ3) is 11.5. The van der Waals surface area contributed by atoms with E-state index in [0.29, 0.717) is 24.7 Å². The van der Waals surface area contributed by atoms with E-state index in [1.54, 1.807) is 19.1 Å². The van der Waals surface area contributed by atoms with Gasteiger partial charge in [-0.05, 0) is 43.7 Å². The molecule has 1 aromatic rings. The lowest BCUT2D eigenvalue weighted by molar-refractivity contribution is -0.138. The van der Waals surface area contributed by atoms with Crippen molar-refractivity contribution in [1.29, 1.82) is 0 Å². The summed E-state index contributed by atoms with van der Waals surface area (Å²) in [6.07, 6.45) is 0.0468. The Labute approximate surface area is 251 Å². The van der Waals surface area contributed by atoms with Crippen LogP contribution in [0.2, 0.25) is 0 Å². The van der Waals surface area contributed by atoms with E-state index < -0.39 is 59.5 Å². The first-order valence-corrected chi connectivity index (χ1v) is 14.5. The zero-order valence-electron chi connectivity index (χ0n) is 25.5. The summed E-state index contributed by atoms with van der Waals surface area (Å²) in [6, 6.07) is -0.398. The number of ether oxygens (including phenoxy) is 1. The van der Waals surface area contributed by atoms with Crippen LogP contribution in [0.15, 0.2) is 12.1 Å². The van der Waals surface area contributed by atoms with E-state index in [4.69, 9.17) is 4.74 Å². The molecule has 43 heavy (non-hydrogen) atoms. The molecule has 0 radical (unpaired) electrons. The summed E-state index contributed by atoms with van der Waals surface area (Å²) >= 11 is 0. The number of Topliss-reactive ketones (excluding diaryl/α,β-unsaturated/α-hetero) is 1. The highest BCUT2D eigenvalue weighted by molar-refractivity contribution is 6.07. The number of amides is 5. The molecule has 0 aliphatic carbocycles. The van der Waals surface area contributed by atoms with Crippen molar-refractivity contribution in [2.75, 3.05) is 20.2 Å². The normalized spacial score (nSPS) is 16.4. The number of methoxy groups -OCH3 is 1.